The van der Waals surface area contributed by atoms with Crippen molar-refractivity contribution in [1.82, 2.24) is 4.98 Å². The van der Waals surface area contributed by atoms with Crippen molar-refractivity contribution in [2.75, 3.05) is 23.7 Å². The van der Waals surface area contributed by atoms with E-state index in [0.717, 1.165) is 31.5 Å². The summed E-state index contributed by atoms with van der Waals surface area (Å²) in [6, 6.07) is 1.30. The molecule has 21 heavy (non-hydrogen) atoms. The number of hydrogen-bond donors (Lipinski definition) is 1. The van der Waals surface area contributed by atoms with E-state index in [2.05, 4.69) is 18.8 Å². The van der Waals surface area contributed by atoms with E-state index in [4.69, 9.17) is 5.11 Å². The van der Waals surface area contributed by atoms with Crippen LogP contribution < -0.4 is 4.90 Å². The molecule has 2 heterocycles. The molecule has 1 aromatic rings. The molecule has 0 aromatic carbocycles. The van der Waals surface area contributed by atoms with Crippen LogP contribution in [0.3, 0.4) is 0 Å². The average molecular weight is 311 g/mol. The number of nitro groups is 1. The first-order valence-electron chi connectivity index (χ1n) is 6.57. The molecule has 1 N–H and O–H groups in total. The number of rotatable bonds is 3. The highest BCUT2D eigenvalue weighted by Crippen LogP contribution is 2.32. The van der Waals surface area contributed by atoms with Crippen LogP contribution in [-0.2, 0) is 0 Å². The molecule has 1 aromatic heterocycles. The lowest BCUT2D eigenvalue weighted by molar-refractivity contribution is -0.385. The minimum Gasteiger partial charge on any atom is -0.477 e. The SMILES string of the molecule is CC1(C)CCN(c2cc(C(=O)O)c([N+](=O)[O-])cn2)CCS1. The van der Waals surface area contributed by atoms with E-state index in [9.17, 15) is 14.9 Å². The van der Waals surface area contributed by atoms with Crippen LogP contribution in [0.2, 0.25) is 0 Å². The molecule has 1 aliphatic heterocycles. The molecule has 0 aliphatic carbocycles. The lowest BCUT2D eigenvalue weighted by atomic mass is 10.1. The maximum Gasteiger partial charge on any atom is 0.342 e. The summed E-state index contributed by atoms with van der Waals surface area (Å²) in [5.41, 5.74) is -0.795. The highest BCUT2D eigenvalue weighted by atomic mass is 32.2. The molecule has 7 nitrogen and oxygen atoms in total. The first kappa shape index (κ1) is 15.6. The molecular weight excluding hydrogens is 294 g/mol. The summed E-state index contributed by atoms with van der Waals surface area (Å²) in [5.74, 6) is 0.0832. The number of nitrogens with zero attached hydrogens (tertiary/aromatic N) is 3. The summed E-state index contributed by atoms with van der Waals surface area (Å²) in [4.78, 5) is 27.3. The lowest BCUT2D eigenvalue weighted by Crippen LogP contribution is -2.28. The number of carbonyl (C=O) groups is 1. The van der Waals surface area contributed by atoms with Crippen LogP contribution in [0.5, 0.6) is 0 Å². The molecule has 0 amide bonds. The van der Waals surface area contributed by atoms with Crippen LogP contribution in [-0.4, -0.2) is 44.6 Å². The van der Waals surface area contributed by atoms with Crippen molar-refractivity contribution in [1.29, 1.82) is 0 Å². The summed E-state index contributed by atoms with van der Waals surface area (Å²) < 4.78 is 0.172. The van der Waals surface area contributed by atoms with Gasteiger partial charge in [0.05, 0.1) is 4.92 Å². The minimum absolute atomic E-state index is 0.172. The number of aromatic nitrogens is 1. The predicted octanol–water partition coefficient (Wildman–Crippen LogP) is 2.41. The van der Waals surface area contributed by atoms with E-state index in [1.54, 1.807) is 0 Å². The number of aromatic carboxylic acids is 1. The third-order valence-electron chi connectivity index (χ3n) is 3.46. The first-order valence-corrected chi connectivity index (χ1v) is 7.55. The summed E-state index contributed by atoms with van der Waals surface area (Å²) in [6.45, 7) is 5.85. The highest BCUT2D eigenvalue weighted by molar-refractivity contribution is 8.00. The Labute approximate surface area is 126 Å². The largest absolute Gasteiger partial charge is 0.477 e. The maximum atomic E-state index is 11.2. The minimum atomic E-state index is -1.31. The Kier molecular flexibility index (Phi) is 4.36. The van der Waals surface area contributed by atoms with Crippen molar-refractivity contribution in [2.24, 2.45) is 0 Å². The van der Waals surface area contributed by atoms with E-state index >= 15 is 0 Å². The topological polar surface area (TPSA) is 96.6 Å². The molecule has 2 rings (SSSR count). The fourth-order valence-electron chi connectivity index (χ4n) is 2.18. The summed E-state index contributed by atoms with van der Waals surface area (Å²) in [6.07, 6.45) is 1.97. The van der Waals surface area contributed by atoms with Gasteiger partial charge in [0.2, 0.25) is 0 Å². The normalized spacial score (nSPS) is 18.1. The predicted molar refractivity (Wildman–Crippen MR) is 81.2 cm³/mol. The Morgan fingerprint density at radius 3 is 2.86 bits per heavy atom. The summed E-state index contributed by atoms with van der Waals surface area (Å²) in [5, 5.41) is 20.0. The fraction of sp³-hybridized carbons (Fsp3) is 0.538. The number of carboxylic acids is 1. The summed E-state index contributed by atoms with van der Waals surface area (Å²) in [7, 11) is 0. The average Bonchev–Trinajstić information content (AvgIpc) is 2.59. The molecular formula is C13H17N3O4S. The van der Waals surface area contributed by atoms with E-state index in [-0.39, 0.29) is 10.3 Å². The van der Waals surface area contributed by atoms with Gasteiger partial charge in [-0.15, -0.1) is 0 Å². The first-order chi connectivity index (χ1) is 9.80. The molecule has 1 saturated heterocycles. The van der Waals surface area contributed by atoms with Gasteiger partial charge in [0.25, 0.3) is 0 Å². The number of carboxylic acid groups (broad SMARTS) is 1. The van der Waals surface area contributed by atoms with Crippen molar-refractivity contribution in [3.63, 3.8) is 0 Å². The molecule has 0 saturated carbocycles. The van der Waals surface area contributed by atoms with E-state index in [1.165, 1.54) is 6.07 Å². The van der Waals surface area contributed by atoms with Gasteiger partial charge in [-0.25, -0.2) is 9.78 Å². The molecule has 1 fully saturated rings. The second-order valence-electron chi connectivity index (χ2n) is 5.47. The highest BCUT2D eigenvalue weighted by Gasteiger charge is 2.26. The Hall–Kier alpha value is -1.83. The van der Waals surface area contributed by atoms with E-state index in [1.807, 2.05) is 16.7 Å². The Morgan fingerprint density at radius 2 is 2.24 bits per heavy atom. The second kappa shape index (κ2) is 5.88. The molecule has 1 aliphatic rings. The zero-order valence-corrected chi connectivity index (χ0v) is 12.7. The van der Waals surface area contributed by atoms with Crippen LogP contribution in [0.1, 0.15) is 30.6 Å². The second-order valence-corrected chi connectivity index (χ2v) is 7.27. The van der Waals surface area contributed by atoms with Gasteiger partial charge in [-0.05, 0) is 6.42 Å². The number of thioether (sulfide) groups is 1. The molecule has 0 spiro atoms. The molecule has 8 heteroatoms. The van der Waals surface area contributed by atoms with Crippen LogP contribution in [0, 0.1) is 10.1 Å². The van der Waals surface area contributed by atoms with E-state index in [0.29, 0.717) is 5.82 Å². The molecule has 0 bridgehead atoms. The van der Waals surface area contributed by atoms with Gasteiger partial charge in [0.15, 0.2) is 0 Å². The van der Waals surface area contributed by atoms with Crippen molar-refractivity contribution < 1.29 is 14.8 Å². The van der Waals surface area contributed by atoms with Crippen molar-refractivity contribution in [3.05, 3.63) is 27.9 Å². The summed E-state index contributed by atoms with van der Waals surface area (Å²) >= 11 is 1.86. The van der Waals surface area contributed by atoms with Gasteiger partial charge in [-0.2, -0.15) is 11.8 Å². The number of pyridine rings is 1. The zero-order valence-electron chi connectivity index (χ0n) is 11.9. The van der Waals surface area contributed by atoms with E-state index < -0.39 is 16.6 Å². The quantitative estimate of drug-likeness (QED) is 0.676. The van der Waals surface area contributed by atoms with Gasteiger partial charge in [-0.3, -0.25) is 10.1 Å². The molecule has 114 valence electrons. The Balaban J connectivity index is 2.30. The standard InChI is InChI=1S/C13H17N3O4S/c1-13(2)3-4-15(5-6-21-13)11-7-9(12(17)18)10(8-14-11)16(19)20/h7-8H,3-6H2,1-2H3,(H,17,18). The number of hydrogen-bond acceptors (Lipinski definition) is 6. The monoisotopic (exact) mass is 311 g/mol. The third kappa shape index (κ3) is 3.63. The molecule has 0 radical (unpaired) electrons. The molecule has 0 unspecified atom stereocenters. The fourth-order valence-corrected chi connectivity index (χ4v) is 3.28. The van der Waals surface area contributed by atoms with Crippen molar-refractivity contribution in [3.8, 4) is 0 Å². The van der Waals surface area contributed by atoms with Crippen LogP contribution >= 0.6 is 11.8 Å². The third-order valence-corrected chi connectivity index (χ3v) is 4.83. The smallest absolute Gasteiger partial charge is 0.342 e. The van der Waals surface area contributed by atoms with Gasteiger partial charge < -0.3 is 10.0 Å². The van der Waals surface area contributed by atoms with Crippen LogP contribution in [0.25, 0.3) is 0 Å². The maximum absolute atomic E-state index is 11.2. The van der Waals surface area contributed by atoms with Gasteiger partial charge >= 0.3 is 11.7 Å². The van der Waals surface area contributed by atoms with Crippen LogP contribution in [0.4, 0.5) is 11.5 Å². The Bertz CT molecular complexity index is 577. The van der Waals surface area contributed by atoms with Crippen molar-refractivity contribution in [2.45, 2.75) is 25.0 Å². The van der Waals surface area contributed by atoms with Crippen LogP contribution in [0.15, 0.2) is 12.3 Å². The van der Waals surface area contributed by atoms with Gasteiger partial charge in [0.1, 0.15) is 17.6 Å². The van der Waals surface area contributed by atoms with Gasteiger partial charge in [0, 0.05) is 29.7 Å². The zero-order chi connectivity index (χ0) is 15.6. The van der Waals surface area contributed by atoms with Crippen molar-refractivity contribution >= 4 is 29.2 Å². The molecule has 0 atom stereocenters. The lowest BCUT2D eigenvalue weighted by Gasteiger charge is -2.23. The number of anilines is 1. The van der Waals surface area contributed by atoms with Gasteiger partial charge in [-0.1, -0.05) is 13.8 Å². The Morgan fingerprint density at radius 1 is 1.52 bits per heavy atom.